The summed E-state index contributed by atoms with van der Waals surface area (Å²) in [5.41, 5.74) is 7.08. The van der Waals surface area contributed by atoms with Crippen LogP contribution in [-0.2, 0) is 0 Å². The Morgan fingerprint density at radius 3 is 2.79 bits per heavy atom. The minimum absolute atomic E-state index is 0.254. The third-order valence-corrected chi connectivity index (χ3v) is 2.59. The molecule has 14 heavy (non-hydrogen) atoms. The summed E-state index contributed by atoms with van der Waals surface area (Å²) in [5.74, 6) is 0. The summed E-state index contributed by atoms with van der Waals surface area (Å²) in [7, 11) is 0. The zero-order valence-electron chi connectivity index (χ0n) is 7.50. The summed E-state index contributed by atoms with van der Waals surface area (Å²) in [4.78, 5) is 0. The van der Waals surface area contributed by atoms with Crippen molar-refractivity contribution >= 4 is 17.3 Å². The van der Waals surface area contributed by atoms with Crippen molar-refractivity contribution in [1.29, 1.82) is 5.26 Å². The van der Waals surface area contributed by atoms with E-state index in [0.717, 1.165) is 12.1 Å². The molecule has 0 saturated heterocycles. The zero-order chi connectivity index (χ0) is 10.1. The van der Waals surface area contributed by atoms with Gasteiger partial charge in [0, 0.05) is 17.8 Å². The van der Waals surface area contributed by atoms with Crippen molar-refractivity contribution in [3.8, 4) is 6.07 Å². The van der Waals surface area contributed by atoms with E-state index < -0.39 is 0 Å². The van der Waals surface area contributed by atoms with Crippen LogP contribution in [0.1, 0.15) is 12.0 Å². The monoisotopic (exact) mass is 207 g/mol. The second-order valence-corrected chi connectivity index (χ2v) is 3.86. The number of halogens is 1. The van der Waals surface area contributed by atoms with Gasteiger partial charge in [-0.15, -0.1) is 0 Å². The molecule has 1 aliphatic rings. The average Bonchev–Trinajstić information content (AvgIpc) is 2.82. The Kier molecular flexibility index (Phi) is 2.32. The van der Waals surface area contributed by atoms with Crippen LogP contribution in [-0.4, -0.2) is 12.1 Å². The number of hydrogen-bond acceptors (Lipinski definition) is 3. The Morgan fingerprint density at radius 1 is 1.57 bits per heavy atom. The van der Waals surface area contributed by atoms with Crippen LogP contribution < -0.4 is 11.1 Å². The van der Waals surface area contributed by atoms with Crippen molar-refractivity contribution < 1.29 is 0 Å². The third-order valence-electron chi connectivity index (χ3n) is 2.28. The molecule has 1 aromatic carbocycles. The van der Waals surface area contributed by atoms with Gasteiger partial charge in [-0.2, -0.15) is 5.26 Å². The van der Waals surface area contributed by atoms with Gasteiger partial charge in [0.25, 0.3) is 0 Å². The van der Waals surface area contributed by atoms with Crippen LogP contribution in [0.15, 0.2) is 18.2 Å². The number of rotatable bonds is 2. The van der Waals surface area contributed by atoms with Crippen LogP contribution in [0, 0.1) is 11.3 Å². The smallest absolute Gasteiger partial charge is 0.101 e. The van der Waals surface area contributed by atoms with Crippen LogP contribution in [0.5, 0.6) is 0 Å². The molecule has 1 saturated carbocycles. The van der Waals surface area contributed by atoms with Gasteiger partial charge in [0.05, 0.1) is 10.6 Å². The predicted molar refractivity (Wildman–Crippen MR) is 56.2 cm³/mol. The van der Waals surface area contributed by atoms with E-state index >= 15 is 0 Å². The highest BCUT2D eigenvalue weighted by Crippen LogP contribution is 2.26. The van der Waals surface area contributed by atoms with Crippen LogP contribution in [0.4, 0.5) is 5.69 Å². The molecule has 3 N–H and O–H groups in total. The number of hydrogen-bond donors (Lipinski definition) is 2. The molecule has 1 fully saturated rings. The van der Waals surface area contributed by atoms with Crippen molar-refractivity contribution in [2.45, 2.75) is 18.5 Å². The number of nitrogens with zero attached hydrogens (tertiary/aromatic N) is 1. The van der Waals surface area contributed by atoms with Gasteiger partial charge >= 0.3 is 0 Å². The molecule has 2 rings (SSSR count). The van der Waals surface area contributed by atoms with E-state index in [1.54, 1.807) is 12.1 Å². The Bertz CT molecular complexity index is 397. The maximum absolute atomic E-state index is 8.67. The van der Waals surface area contributed by atoms with Crippen LogP contribution in [0.25, 0.3) is 0 Å². The molecular weight excluding hydrogens is 198 g/mol. The predicted octanol–water partition coefficient (Wildman–Crippen LogP) is 1.72. The molecular formula is C10H10ClN3. The number of anilines is 1. The minimum Gasteiger partial charge on any atom is -0.381 e. The van der Waals surface area contributed by atoms with Crippen molar-refractivity contribution in [2.24, 2.45) is 5.73 Å². The van der Waals surface area contributed by atoms with Gasteiger partial charge in [-0.05, 0) is 24.6 Å². The van der Waals surface area contributed by atoms with E-state index in [4.69, 9.17) is 22.6 Å². The lowest BCUT2D eigenvalue weighted by atomic mass is 10.2. The summed E-state index contributed by atoms with van der Waals surface area (Å²) in [6.07, 6.45) is 0.998. The van der Waals surface area contributed by atoms with E-state index in [1.807, 2.05) is 12.1 Å². The van der Waals surface area contributed by atoms with E-state index in [1.165, 1.54) is 0 Å². The Morgan fingerprint density at radius 2 is 2.29 bits per heavy atom. The first-order valence-corrected chi connectivity index (χ1v) is 4.80. The topological polar surface area (TPSA) is 61.8 Å². The fourth-order valence-corrected chi connectivity index (χ4v) is 1.51. The van der Waals surface area contributed by atoms with E-state index in [-0.39, 0.29) is 6.04 Å². The lowest BCUT2D eigenvalue weighted by molar-refractivity contribution is 1.01. The largest absolute Gasteiger partial charge is 0.381 e. The van der Waals surface area contributed by atoms with Gasteiger partial charge in [-0.3, -0.25) is 0 Å². The zero-order valence-corrected chi connectivity index (χ0v) is 8.25. The molecule has 1 aromatic rings. The lowest BCUT2D eigenvalue weighted by Crippen LogP contribution is -2.13. The molecule has 0 bridgehead atoms. The molecule has 0 aromatic heterocycles. The summed E-state index contributed by atoms with van der Waals surface area (Å²) >= 11 is 5.88. The summed E-state index contributed by atoms with van der Waals surface area (Å²) in [6, 6.07) is 7.93. The fourth-order valence-electron chi connectivity index (χ4n) is 1.29. The van der Waals surface area contributed by atoms with Crippen LogP contribution in [0.2, 0.25) is 5.02 Å². The van der Waals surface area contributed by atoms with Gasteiger partial charge < -0.3 is 11.1 Å². The Labute approximate surface area is 87.5 Å². The number of nitrogens with one attached hydrogen (secondary N) is 1. The van der Waals surface area contributed by atoms with E-state index in [0.29, 0.717) is 16.6 Å². The molecule has 0 amide bonds. The van der Waals surface area contributed by atoms with Gasteiger partial charge in [0.15, 0.2) is 0 Å². The van der Waals surface area contributed by atoms with Gasteiger partial charge in [-0.25, -0.2) is 0 Å². The second kappa shape index (κ2) is 3.49. The molecule has 0 aliphatic heterocycles. The highest BCUT2D eigenvalue weighted by molar-refractivity contribution is 6.32. The molecule has 2 unspecified atom stereocenters. The summed E-state index contributed by atoms with van der Waals surface area (Å²) < 4.78 is 0. The first-order chi connectivity index (χ1) is 6.70. The number of nitriles is 1. The number of benzene rings is 1. The molecule has 2 atom stereocenters. The highest BCUT2D eigenvalue weighted by atomic mass is 35.5. The fraction of sp³-hybridized carbons (Fsp3) is 0.300. The first kappa shape index (κ1) is 9.32. The molecule has 1 aliphatic carbocycles. The standard InChI is InChI=1S/C10H10ClN3/c11-8-3-7(2-1-6(8)5-12)14-10-4-9(10)13/h1-3,9-10,14H,4,13H2. The van der Waals surface area contributed by atoms with Gasteiger partial charge in [0.1, 0.15) is 6.07 Å². The molecule has 0 heterocycles. The number of nitrogens with two attached hydrogens (primary N) is 1. The second-order valence-electron chi connectivity index (χ2n) is 3.46. The highest BCUT2D eigenvalue weighted by Gasteiger charge is 2.33. The molecule has 4 heteroatoms. The summed E-state index contributed by atoms with van der Waals surface area (Å²) in [6.45, 7) is 0. The van der Waals surface area contributed by atoms with Crippen LogP contribution in [0.3, 0.4) is 0 Å². The Hall–Kier alpha value is -1.24. The van der Waals surface area contributed by atoms with Crippen molar-refractivity contribution in [2.75, 3.05) is 5.32 Å². The molecule has 0 radical (unpaired) electrons. The van der Waals surface area contributed by atoms with Gasteiger partial charge in [0.2, 0.25) is 0 Å². The van der Waals surface area contributed by atoms with E-state index in [9.17, 15) is 0 Å². The van der Waals surface area contributed by atoms with Crippen molar-refractivity contribution in [1.82, 2.24) is 0 Å². The average molecular weight is 208 g/mol. The molecule has 0 spiro atoms. The minimum atomic E-state index is 0.254. The van der Waals surface area contributed by atoms with Crippen molar-refractivity contribution in [3.63, 3.8) is 0 Å². The summed E-state index contributed by atoms with van der Waals surface area (Å²) in [5, 5.41) is 12.4. The lowest BCUT2D eigenvalue weighted by Gasteiger charge is -2.05. The van der Waals surface area contributed by atoms with Crippen LogP contribution >= 0.6 is 11.6 Å². The first-order valence-electron chi connectivity index (χ1n) is 4.42. The van der Waals surface area contributed by atoms with Crippen molar-refractivity contribution in [3.05, 3.63) is 28.8 Å². The normalized spacial score (nSPS) is 24.1. The SMILES string of the molecule is N#Cc1ccc(NC2CC2N)cc1Cl. The van der Waals surface area contributed by atoms with Gasteiger partial charge in [-0.1, -0.05) is 11.6 Å². The maximum atomic E-state index is 8.67. The quantitative estimate of drug-likeness (QED) is 0.777. The molecule has 3 nitrogen and oxygen atoms in total. The molecule has 72 valence electrons. The third kappa shape index (κ3) is 1.82. The Balaban J connectivity index is 2.13. The van der Waals surface area contributed by atoms with E-state index in [2.05, 4.69) is 5.32 Å². The maximum Gasteiger partial charge on any atom is 0.101 e.